The maximum absolute atomic E-state index is 12.9. The van der Waals surface area contributed by atoms with E-state index in [1.165, 1.54) is 23.9 Å². The highest BCUT2D eigenvalue weighted by molar-refractivity contribution is 8.00. The first kappa shape index (κ1) is 19.6. The van der Waals surface area contributed by atoms with Crippen LogP contribution in [0.2, 0.25) is 0 Å². The van der Waals surface area contributed by atoms with Crippen LogP contribution in [0.4, 0.5) is 10.1 Å². The van der Waals surface area contributed by atoms with Crippen molar-refractivity contribution in [1.82, 2.24) is 5.32 Å². The molecule has 0 aliphatic heterocycles. The van der Waals surface area contributed by atoms with Gasteiger partial charge in [0.25, 0.3) is 5.91 Å². The van der Waals surface area contributed by atoms with Gasteiger partial charge in [0.1, 0.15) is 5.82 Å². The second-order valence-electron chi connectivity index (χ2n) is 6.00. The fraction of sp³-hybridized carbons (Fsp3) is 0.0909. The van der Waals surface area contributed by atoms with Crippen LogP contribution in [-0.2, 0) is 11.3 Å². The molecule has 6 heteroatoms. The Labute approximate surface area is 167 Å². The van der Waals surface area contributed by atoms with Crippen molar-refractivity contribution in [1.29, 1.82) is 0 Å². The molecule has 142 valence electrons. The summed E-state index contributed by atoms with van der Waals surface area (Å²) in [4.78, 5) is 25.6. The third-order valence-electron chi connectivity index (χ3n) is 3.93. The fourth-order valence-electron chi connectivity index (χ4n) is 2.53. The van der Waals surface area contributed by atoms with E-state index in [0.717, 1.165) is 10.5 Å². The van der Waals surface area contributed by atoms with Crippen molar-refractivity contribution in [3.8, 4) is 0 Å². The van der Waals surface area contributed by atoms with Gasteiger partial charge in [0.2, 0.25) is 5.91 Å². The largest absolute Gasteiger partial charge is 0.348 e. The summed E-state index contributed by atoms with van der Waals surface area (Å²) >= 11 is 1.30. The Morgan fingerprint density at radius 2 is 1.54 bits per heavy atom. The molecule has 3 rings (SSSR count). The summed E-state index contributed by atoms with van der Waals surface area (Å²) < 4.78 is 12.9. The number of halogens is 1. The number of nitrogens with one attached hydrogen (secondary N) is 2. The minimum atomic E-state index is -0.316. The summed E-state index contributed by atoms with van der Waals surface area (Å²) in [7, 11) is 0. The number of benzene rings is 3. The zero-order valence-corrected chi connectivity index (χ0v) is 15.8. The van der Waals surface area contributed by atoms with Crippen LogP contribution >= 0.6 is 11.8 Å². The van der Waals surface area contributed by atoms with Gasteiger partial charge in [0.15, 0.2) is 0 Å². The topological polar surface area (TPSA) is 58.2 Å². The van der Waals surface area contributed by atoms with Crippen molar-refractivity contribution in [2.75, 3.05) is 11.1 Å². The van der Waals surface area contributed by atoms with Gasteiger partial charge in [-0.1, -0.05) is 42.5 Å². The minimum absolute atomic E-state index is 0.158. The van der Waals surface area contributed by atoms with E-state index in [9.17, 15) is 14.0 Å². The highest BCUT2D eigenvalue weighted by atomic mass is 32.2. The Morgan fingerprint density at radius 1 is 0.857 bits per heavy atom. The Hall–Kier alpha value is -3.12. The molecule has 3 aromatic rings. The molecule has 2 amide bonds. The molecule has 0 unspecified atom stereocenters. The first-order valence-corrected chi connectivity index (χ1v) is 9.70. The fourth-order valence-corrected chi connectivity index (χ4v) is 3.23. The van der Waals surface area contributed by atoms with Crippen molar-refractivity contribution in [3.05, 3.63) is 95.8 Å². The number of hydrogen-bond donors (Lipinski definition) is 2. The second kappa shape index (κ2) is 9.71. The lowest BCUT2D eigenvalue weighted by atomic mass is 10.1. The summed E-state index contributed by atoms with van der Waals surface area (Å²) in [5.41, 5.74) is 1.85. The molecule has 0 radical (unpaired) electrons. The zero-order chi connectivity index (χ0) is 19.8. The molecule has 0 aliphatic carbocycles. The number of para-hydroxylation sites is 1. The predicted octanol–water partition coefficient (Wildman–Crippen LogP) is 4.49. The van der Waals surface area contributed by atoms with Gasteiger partial charge in [-0.2, -0.15) is 0 Å². The smallest absolute Gasteiger partial charge is 0.253 e. The van der Waals surface area contributed by atoms with E-state index < -0.39 is 0 Å². The van der Waals surface area contributed by atoms with Crippen LogP contribution in [0.15, 0.2) is 83.8 Å². The number of hydrogen-bond acceptors (Lipinski definition) is 3. The quantitative estimate of drug-likeness (QED) is 0.581. The Morgan fingerprint density at radius 3 is 2.29 bits per heavy atom. The summed E-state index contributed by atoms with van der Waals surface area (Å²) in [6.07, 6.45) is 0. The monoisotopic (exact) mass is 394 g/mol. The van der Waals surface area contributed by atoms with Crippen LogP contribution in [0.25, 0.3) is 0 Å². The van der Waals surface area contributed by atoms with Gasteiger partial charge in [-0.3, -0.25) is 9.59 Å². The molecule has 28 heavy (non-hydrogen) atoms. The number of anilines is 1. The standard InChI is InChI=1S/C22H19FN2O2S/c23-17-10-12-18(13-11-17)28-15-21(26)25-20-9-5-4-8-19(20)22(27)24-14-16-6-2-1-3-7-16/h1-13H,14-15H2,(H,24,27)(H,25,26). The highest BCUT2D eigenvalue weighted by Crippen LogP contribution is 2.20. The summed E-state index contributed by atoms with van der Waals surface area (Å²) in [5, 5.41) is 5.64. The van der Waals surface area contributed by atoms with Gasteiger partial charge in [-0.25, -0.2) is 4.39 Å². The summed E-state index contributed by atoms with van der Waals surface area (Å²) in [6, 6.07) is 22.4. The molecule has 0 saturated carbocycles. The average Bonchev–Trinajstić information content (AvgIpc) is 2.73. The van der Waals surface area contributed by atoms with Crippen molar-refractivity contribution < 1.29 is 14.0 Å². The van der Waals surface area contributed by atoms with E-state index in [2.05, 4.69) is 10.6 Å². The van der Waals surface area contributed by atoms with Gasteiger partial charge in [-0.05, 0) is 42.0 Å². The van der Waals surface area contributed by atoms with E-state index in [0.29, 0.717) is 17.8 Å². The lowest BCUT2D eigenvalue weighted by Crippen LogP contribution is -2.25. The SMILES string of the molecule is O=C(CSc1ccc(F)cc1)Nc1ccccc1C(=O)NCc1ccccc1. The Balaban J connectivity index is 1.58. The molecule has 0 spiro atoms. The van der Waals surface area contributed by atoms with Gasteiger partial charge in [0.05, 0.1) is 17.0 Å². The number of carbonyl (C=O) groups is 2. The molecule has 0 atom stereocenters. The van der Waals surface area contributed by atoms with Gasteiger partial charge in [0, 0.05) is 11.4 Å². The molecular weight excluding hydrogens is 375 g/mol. The molecule has 0 bridgehead atoms. The summed E-state index contributed by atoms with van der Waals surface area (Å²) in [5.74, 6) is -0.654. The van der Waals surface area contributed by atoms with Crippen molar-refractivity contribution in [2.45, 2.75) is 11.4 Å². The third-order valence-corrected chi connectivity index (χ3v) is 4.94. The minimum Gasteiger partial charge on any atom is -0.348 e. The molecule has 0 aromatic heterocycles. The van der Waals surface area contributed by atoms with Gasteiger partial charge in [-0.15, -0.1) is 11.8 Å². The Kier molecular flexibility index (Phi) is 6.81. The summed E-state index contributed by atoms with van der Waals surface area (Å²) in [6.45, 7) is 0.405. The number of rotatable bonds is 7. The van der Waals surface area contributed by atoms with Crippen LogP contribution in [0, 0.1) is 5.82 Å². The molecule has 0 aliphatic rings. The lowest BCUT2D eigenvalue weighted by molar-refractivity contribution is -0.113. The van der Waals surface area contributed by atoms with Crippen LogP contribution < -0.4 is 10.6 Å². The second-order valence-corrected chi connectivity index (χ2v) is 7.05. The molecule has 0 heterocycles. The van der Waals surface area contributed by atoms with Crippen LogP contribution in [0.3, 0.4) is 0 Å². The number of amides is 2. The van der Waals surface area contributed by atoms with Crippen molar-refractivity contribution in [3.63, 3.8) is 0 Å². The maximum atomic E-state index is 12.9. The van der Waals surface area contributed by atoms with Crippen molar-refractivity contribution >= 4 is 29.3 Å². The van der Waals surface area contributed by atoms with E-state index >= 15 is 0 Å². The molecule has 0 fully saturated rings. The normalized spacial score (nSPS) is 10.3. The lowest BCUT2D eigenvalue weighted by Gasteiger charge is -2.11. The molecule has 0 saturated heterocycles. The Bertz CT molecular complexity index is 946. The van der Waals surface area contributed by atoms with E-state index in [4.69, 9.17) is 0 Å². The third kappa shape index (κ3) is 5.69. The van der Waals surface area contributed by atoms with Crippen LogP contribution in [0.5, 0.6) is 0 Å². The van der Waals surface area contributed by atoms with Crippen molar-refractivity contribution in [2.24, 2.45) is 0 Å². The molecular formula is C22H19FN2O2S. The number of carbonyl (C=O) groups excluding carboxylic acids is 2. The molecule has 3 aromatic carbocycles. The van der Waals surface area contributed by atoms with Crippen LogP contribution in [-0.4, -0.2) is 17.6 Å². The predicted molar refractivity (Wildman–Crippen MR) is 110 cm³/mol. The first-order chi connectivity index (χ1) is 13.6. The molecule has 2 N–H and O–H groups in total. The average molecular weight is 394 g/mol. The number of thioether (sulfide) groups is 1. The van der Waals surface area contributed by atoms with Crippen LogP contribution in [0.1, 0.15) is 15.9 Å². The van der Waals surface area contributed by atoms with E-state index in [1.807, 2.05) is 30.3 Å². The highest BCUT2D eigenvalue weighted by Gasteiger charge is 2.13. The van der Waals surface area contributed by atoms with Gasteiger partial charge >= 0.3 is 0 Å². The van der Waals surface area contributed by atoms with E-state index in [1.54, 1.807) is 36.4 Å². The van der Waals surface area contributed by atoms with Gasteiger partial charge < -0.3 is 10.6 Å². The zero-order valence-electron chi connectivity index (χ0n) is 15.0. The molecule has 4 nitrogen and oxygen atoms in total. The maximum Gasteiger partial charge on any atom is 0.253 e. The van der Waals surface area contributed by atoms with E-state index in [-0.39, 0.29) is 23.4 Å². The first-order valence-electron chi connectivity index (χ1n) is 8.71.